The Balaban J connectivity index is 1.64. The lowest BCUT2D eigenvalue weighted by molar-refractivity contribution is -0.120. The number of rotatable bonds is 5. The highest BCUT2D eigenvalue weighted by molar-refractivity contribution is 8.15. The number of hydrogen-bond acceptors (Lipinski definition) is 5. The molecule has 2 unspecified atom stereocenters. The number of para-hydroxylation sites is 1. The molecule has 2 aromatic carbocycles. The molecule has 0 aromatic heterocycles. The Bertz CT molecular complexity index is 1080. The van der Waals surface area contributed by atoms with Crippen molar-refractivity contribution in [1.29, 1.82) is 0 Å². The van der Waals surface area contributed by atoms with Crippen LogP contribution in [-0.2, 0) is 9.59 Å². The summed E-state index contributed by atoms with van der Waals surface area (Å²) in [6.07, 6.45) is 0.629. The third-order valence-corrected chi connectivity index (χ3v) is 6.73. The molecule has 0 aliphatic carbocycles. The zero-order valence-corrected chi connectivity index (χ0v) is 18.9. The molecule has 0 bridgehead atoms. The Morgan fingerprint density at radius 3 is 2.52 bits per heavy atom. The molecule has 2 aliphatic heterocycles. The fourth-order valence-electron chi connectivity index (χ4n) is 3.76. The number of thioether (sulfide) groups is 1. The molecule has 2 aromatic rings. The second kappa shape index (κ2) is 8.67. The number of fused-ring (bicyclic) bond motifs is 3. The normalized spacial score (nSPS) is 18.3. The van der Waals surface area contributed by atoms with E-state index in [0.717, 1.165) is 22.5 Å². The highest BCUT2D eigenvalue weighted by Crippen LogP contribution is 2.37. The van der Waals surface area contributed by atoms with Gasteiger partial charge in [-0.25, -0.2) is 4.99 Å². The van der Waals surface area contributed by atoms with Gasteiger partial charge in [0.15, 0.2) is 5.17 Å². The van der Waals surface area contributed by atoms with Gasteiger partial charge in [0.25, 0.3) is 5.91 Å². The van der Waals surface area contributed by atoms with E-state index in [1.165, 1.54) is 11.8 Å². The molecule has 0 fully saturated rings. The molecule has 160 valence electrons. The summed E-state index contributed by atoms with van der Waals surface area (Å²) in [5.41, 5.74) is 3.52. The number of nitrogens with one attached hydrogen (secondary N) is 1. The van der Waals surface area contributed by atoms with E-state index in [4.69, 9.17) is 4.99 Å². The molecule has 0 radical (unpaired) electrons. The second-order valence-electron chi connectivity index (χ2n) is 8.11. The minimum atomic E-state index is -0.410. The van der Waals surface area contributed by atoms with Crippen molar-refractivity contribution >= 4 is 46.0 Å². The van der Waals surface area contributed by atoms with E-state index in [9.17, 15) is 9.59 Å². The number of benzene rings is 2. The van der Waals surface area contributed by atoms with Crippen molar-refractivity contribution in [2.75, 3.05) is 5.32 Å². The van der Waals surface area contributed by atoms with Crippen molar-refractivity contribution in [3.63, 3.8) is 0 Å². The molecule has 4 rings (SSSR count). The quantitative estimate of drug-likeness (QED) is 0.736. The summed E-state index contributed by atoms with van der Waals surface area (Å²) in [6.45, 7) is 8.00. The van der Waals surface area contributed by atoms with Gasteiger partial charge in [0.05, 0.1) is 10.9 Å². The fraction of sp³-hybridized carbons (Fsp3) is 0.333. The first-order chi connectivity index (χ1) is 14.9. The summed E-state index contributed by atoms with van der Waals surface area (Å²) in [7, 11) is 0. The van der Waals surface area contributed by atoms with Gasteiger partial charge in [-0.15, -0.1) is 0 Å². The van der Waals surface area contributed by atoms with Crippen LogP contribution in [0.4, 0.5) is 11.4 Å². The standard InChI is InChI=1S/C24H26N4O2S/c1-5-19(22(29)25-16-12-10-15(4)11-13-16)31-24-26-18-9-7-6-8-17(18)21-27-23(30)20(14(2)3)28(21)24/h6-14,19-20H,5H2,1-4H3,(H,25,29). The van der Waals surface area contributed by atoms with Crippen LogP contribution >= 0.6 is 11.8 Å². The van der Waals surface area contributed by atoms with Crippen LogP contribution in [0.15, 0.2) is 58.5 Å². The molecule has 2 amide bonds. The van der Waals surface area contributed by atoms with Crippen LogP contribution in [0, 0.1) is 12.8 Å². The number of aliphatic imine (C=N–C) groups is 2. The van der Waals surface area contributed by atoms with E-state index in [1.54, 1.807) is 0 Å². The third kappa shape index (κ3) is 4.14. The Kier molecular flexibility index (Phi) is 5.96. The van der Waals surface area contributed by atoms with Crippen LogP contribution in [0.2, 0.25) is 0 Å². The second-order valence-corrected chi connectivity index (χ2v) is 9.28. The molecule has 1 N–H and O–H groups in total. The maximum atomic E-state index is 13.0. The SMILES string of the molecule is CCC(SC1=Nc2ccccc2C2=NC(=O)C(C(C)C)N12)C(=O)Nc1ccc(C)cc1. The summed E-state index contributed by atoms with van der Waals surface area (Å²) < 4.78 is 0. The number of amidine groups is 2. The number of carbonyl (C=O) groups is 2. The number of nitrogens with zero attached hydrogens (tertiary/aromatic N) is 3. The first-order valence-electron chi connectivity index (χ1n) is 10.5. The lowest BCUT2D eigenvalue weighted by Gasteiger charge is -2.33. The van der Waals surface area contributed by atoms with Gasteiger partial charge in [0, 0.05) is 11.3 Å². The molecule has 2 aliphatic rings. The molecule has 0 saturated carbocycles. The summed E-state index contributed by atoms with van der Waals surface area (Å²) >= 11 is 1.39. The zero-order valence-electron chi connectivity index (χ0n) is 18.1. The molecule has 2 atom stereocenters. The predicted molar refractivity (Wildman–Crippen MR) is 127 cm³/mol. The van der Waals surface area contributed by atoms with Crippen molar-refractivity contribution in [3.05, 3.63) is 59.7 Å². The van der Waals surface area contributed by atoms with Crippen molar-refractivity contribution in [2.45, 2.75) is 45.4 Å². The average Bonchev–Trinajstić information content (AvgIpc) is 3.11. The van der Waals surface area contributed by atoms with E-state index in [2.05, 4.69) is 10.3 Å². The highest BCUT2D eigenvalue weighted by atomic mass is 32.2. The highest BCUT2D eigenvalue weighted by Gasteiger charge is 2.44. The molecular weight excluding hydrogens is 408 g/mol. The van der Waals surface area contributed by atoms with Gasteiger partial charge in [0.2, 0.25) is 5.91 Å². The summed E-state index contributed by atoms with van der Waals surface area (Å²) in [5, 5.41) is 3.30. The fourth-order valence-corrected chi connectivity index (χ4v) is 4.81. The third-order valence-electron chi connectivity index (χ3n) is 5.40. The van der Waals surface area contributed by atoms with Crippen LogP contribution < -0.4 is 5.32 Å². The Morgan fingerprint density at radius 1 is 1.13 bits per heavy atom. The number of carbonyl (C=O) groups excluding carboxylic acids is 2. The number of anilines is 1. The number of aryl methyl sites for hydroxylation is 1. The molecule has 6 nitrogen and oxygen atoms in total. The van der Waals surface area contributed by atoms with Gasteiger partial charge in [-0.3, -0.25) is 14.5 Å². The predicted octanol–water partition coefficient (Wildman–Crippen LogP) is 4.76. The summed E-state index contributed by atoms with van der Waals surface area (Å²) in [4.78, 5) is 36.9. The smallest absolute Gasteiger partial charge is 0.271 e. The van der Waals surface area contributed by atoms with Gasteiger partial charge < -0.3 is 5.32 Å². The minimum Gasteiger partial charge on any atom is -0.325 e. The minimum absolute atomic E-state index is 0.0614. The van der Waals surface area contributed by atoms with Crippen molar-refractivity contribution < 1.29 is 9.59 Å². The molecule has 7 heteroatoms. The molecular formula is C24H26N4O2S. The molecule has 31 heavy (non-hydrogen) atoms. The van der Waals surface area contributed by atoms with Crippen molar-refractivity contribution in [1.82, 2.24) is 4.90 Å². The summed E-state index contributed by atoms with van der Waals surface area (Å²) in [5.74, 6) is 0.451. The van der Waals surface area contributed by atoms with Crippen LogP contribution in [0.1, 0.15) is 38.3 Å². The van der Waals surface area contributed by atoms with Gasteiger partial charge >= 0.3 is 0 Å². The van der Waals surface area contributed by atoms with E-state index in [-0.39, 0.29) is 23.0 Å². The Labute approximate surface area is 186 Å². The lowest BCUT2D eigenvalue weighted by Crippen LogP contribution is -2.47. The van der Waals surface area contributed by atoms with Crippen molar-refractivity contribution in [2.24, 2.45) is 15.9 Å². The first kappa shape index (κ1) is 21.3. The van der Waals surface area contributed by atoms with Gasteiger partial charge in [-0.05, 0) is 43.5 Å². The van der Waals surface area contributed by atoms with Crippen LogP contribution in [0.3, 0.4) is 0 Å². The van der Waals surface area contributed by atoms with Gasteiger partial charge in [-0.2, -0.15) is 4.99 Å². The van der Waals surface area contributed by atoms with Crippen LogP contribution in [0.25, 0.3) is 0 Å². The summed E-state index contributed by atoms with van der Waals surface area (Å²) in [6, 6.07) is 15.0. The Morgan fingerprint density at radius 2 is 1.84 bits per heavy atom. The molecule has 0 saturated heterocycles. The Hall–Kier alpha value is -2.93. The monoisotopic (exact) mass is 434 g/mol. The van der Waals surface area contributed by atoms with Crippen molar-refractivity contribution in [3.8, 4) is 0 Å². The molecule has 0 spiro atoms. The van der Waals surface area contributed by atoms with E-state index in [1.807, 2.05) is 81.1 Å². The molecule has 2 heterocycles. The van der Waals surface area contributed by atoms with Crippen LogP contribution in [0.5, 0.6) is 0 Å². The maximum absolute atomic E-state index is 13.0. The van der Waals surface area contributed by atoms with Gasteiger partial charge in [0.1, 0.15) is 11.9 Å². The van der Waals surface area contributed by atoms with E-state index in [0.29, 0.717) is 17.4 Å². The number of amides is 2. The van der Waals surface area contributed by atoms with Crippen LogP contribution in [-0.4, -0.2) is 39.0 Å². The average molecular weight is 435 g/mol. The number of hydrogen-bond donors (Lipinski definition) is 1. The first-order valence-corrected chi connectivity index (χ1v) is 11.4. The van der Waals surface area contributed by atoms with E-state index >= 15 is 0 Å². The van der Waals surface area contributed by atoms with E-state index < -0.39 is 6.04 Å². The lowest BCUT2D eigenvalue weighted by atomic mass is 10.0. The largest absolute Gasteiger partial charge is 0.325 e. The van der Waals surface area contributed by atoms with Gasteiger partial charge in [-0.1, -0.05) is 62.4 Å². The maximum Gasteiger partial charge on any atom is 0.271 e. The zero-order chi connectivity index (χ0) is 22.1. The topological polar surface area (TPSA) is 74.1 Å².